The number of alkyl halides is 9. The lowest BCUT2D eigenvalue weighted by Crippen LogP contribution is -2.57. The van der Waals surface area contributed by atoms with E-state index < -0.39 is 52.7 Å². The molecule has 0 aliphatic carbocycles. The summed E-state index contributed by atoms with van der Waals surface area (Å²) in [5.74, 6) is -1.02. The fourth-order valence-corrected chi connectivity index (χ4v) is 5.58. The van der Waals surface area contributed by atoms with E-state index in [1.807, 2.05) is 4.90 Å². The van der Waals surface area contributed by atoms with Gasteiger partial charge in [-0.3, -0.25) is 14.6 Å². The van der Waals surface area contributed by atoms with E-state index in [9.17, 15) is 49.4 Å². The number of carbonyl (C=O) groups excluding carboxylic acids is 1. The number of piperazine rings is 1. The van der Waals surface area contributed by atoms with Crippen molar-refractivity contribution < 1.29 is 49.4 Å². The second kappa shape index (κ2) is 14.9. The van der Waals surface area contributed by atoms with Gasteiger partial charge in [-0.2, -0.15) is 39.5 Å². The lowest BCUT2D eigenvalue weighted by atomic mass is 9.98. The highest BCUT2D eigenvalue weighted by Crippen LogP contribution is 2.37. The molecule has 0 saturated carbocycles. The van der Waals surface area contributed by atoms with Crippen molar-refractivity contribution in [1.29, 1.82) is 0 Å². The van der Waals surface area contributed by atoms with Crippen LogP contribution in [0.2, 0.25) is 0 Å². The molecule has 2 aliphatic rings. The highest BCUT2D eigenvalue weighted by Gasteiger charge is 2.39. The Hall–Kier alpha value is -2.26. The number of aliphatic hydroxyl groups is 1. The van der Waals surface area contributed by atoms with Gasteiger partial charge in [0.05, 0.1) is 23.3 Å². The normalized spacial score (nSPS) is 20.3. The minimum Gasteiger partial charge on any atom is -0.395 e. The number of aliphatic hydroxyl groups excluding tert-OH is 1. The van der Waals surface area contributed by atoms with Gasteiger partial charge in [0.2, 0.25) is 0 Å². The van der Waals surface area contributed by atoms with E-state index in [0.717, 1.165) is 31.5 Å². The summed E-state index contributed by atoms with van der Waals surface area (Å²) < 4.78 is 120. The SMILES string of the molecule is Cl.Cl.O=C(c1cc(C(F)(F)F)cc(C(F)(F)F)c1)N1CCN(CCN2CCC[C@H]2CO)C[C@H]1Cc1ccc(C(F)(F)F)cc1. The zero-order valence-electron chi connectivity index (χ0n) is 23.2. The van der Waals surface area contributed by atoms with E-state index in [4.69, 9.17) is 0 Å². The second-order valence-corrected chi connectivity index (χ2v) is 10.7. The number of benzene rings is 2. The first-order chi connectivity index (χ1) is 19.6. The molecule has 16 heteroatoms. The van der Waals surface area contributed by atoms with Crippen LogP contribution in [0.1, 0.15) is 45.5 Å². The fraction of sp³-hybridized carbons (Fsp3) is 0.536. The topological polar surface area (TPSA) is 47.0 Å². The summed E-state index contributed by atoms with van der Waals surface area (Å²) in [7, 11) is 0. The van der Waals surface area contributed by atoms with Crippen LogP contribution < -0.4 is 0 Å². The third-order valence-electron chi connectivity index (χ3n) is 7.83. The molecule has 2 aromatic rings. The summed E-state index contributed by atoms with van der Waals surface area (Å²) in [6.45, 7) is 2.43. The first kappa shape index (κ1) is 37.9. The molecule has 2 aliphatic heterocycles. The van der Waals surface area contributed by atoms with Crippen molar-refractivity contribution in [1.82, 2.24) is 14.7 Å². The molecule has 44 heavy (non-hydrogen) atoms. The molecule has 248 valence electrons. The highest BCUT2D eigenvalue weighted by atomic mass is 35.5. The number of nitrogens with zero attached hydrogens (tertiary/aromatic N) is 3. The Bertz CT molecular complexity index is 1210. The summed E-state index contributed by atoms with van der Waals surface area (Å²) >= 11 is 0. The Morgan fingerprint density at radius 1 is 0.750 bits per heavy atom. The van der Waals surface area contributed by atoms with Gasteiger partial charge in [-0.05, 0) is 61.7 Å². The van der Waals surface area contributed by atoms with E-state index >= 15 is 0 Å². The number of likely N-dealkylation sites (tertiary alicyclic amines) is 1. The molecule has 0 spiro atoms. The van der Waals surface area contributed by atoms with Gasteiger partial charge in [0, 0.05) is 50.4 Å². The van der Waals surface area contributed by atoms with Crippen LogP contribution in [0.25, 0.3) is 0 Å². The van der Waals surface area contributed by atoms with Crippen molar-refractivity contribution in [2.75, 3.05) is 45.9 Å². The van der Waals surface area contributed by atoms with Crippen LogP contribution in [-0.4, -0.2) is 83.7 Å². The van der Waals surface area contributed by atoms with E-state index in [0.29, 0.717) is 30.8 Å². The smallest absolute Gasteiger partial charge is 0.395 e. The highest BCUT2D eigenvalue weighted by molar-refractivity contribution is 5.95. The van der Waals surface area contributed by atoms with Crippen molar-refractivity contribution in [2.45, 2.75) is 49.9 Å². The van der Waals surface area contributed by atoms with Gasteiger partial charge in [0.1, 0.15) is 0 Å². The number of amides is 1. The maximum Gasteiger partial charge on any atom is 0.416 e. The van der Waals surface area contributed by atoms with Gasteiger partial charge < -0.3 is 10.0 Å². The van der Waals surface area contributed by atoms with Crippen LogP contribution in [0.4, 0.5) is 39.5 Å². The van der Waals surface area contributed by atoms with Gasteiger partial charge in [-0.1, -0.05) is 12.1 Å². The Morgan fingerprint density at radius 2 is 1.32 bits per heavy atom. The molecule has 0 unspecified atom stereocenters. The van der Waals surface area contributed by atoms with Crippen LogP contribution in [0.5, 0.6) is 0 Å². The van der Waals surface area contributed by atoms with E-state index in [1.54, 1.807) is 0 Å². The van der Waals surface area contributed by atoms with Crippen molar-refractivity contribution >= 4 is 30.7 Å². The summed E-state index contributed by atoms with van der Waals surface area (Å²) in [4.78, 5) is 18.8. The maximum absolute atomic E-state index is 13.5. The van der Waals surface area contributed by atoms with Crippen molar-refractivity contribution in [2.24, 2.45) is 0 Å². The van der Waals surface area contributed by atoms with Crippen LogP contribution >= 0.6 is 24.8 Å². The Labute approximate surface area is 260 Å². The Kier molecular flexibility index (Phi) is 12.8. The van der Waals surface area contributed by atoms with E-state index in [1.165, 1.54) is 17.0 Å². The van der Waals surface area contributed by atoms with Crippen LogP contribution in [0.15, 0.2) is 42.5 Å². The molecule has 2 aromatic carbocycles. The largest absolute Gasteiger partial charge is 0.416 e. The average molecular weight is 684 g/mol. The van der Waals surface area contributed by atoms with Gasteiger partial charge >= 0.3 is 18.5 Å². The van der Waals surface area contributed by atoms with Gasteiger partial charge in [-0.15, -0.1) is 24.8 Å². The summed E-state index contributed by atoms with van der Waals surface area (Å²) in [6, 6.07) is 4.27. The fourth-order valence-electron chi connectivity index (χ4n) is 5.58. The molecular formula is C28H32Cl2F9N3O2. The molecule has 2 heterocycles. The lowest BCUT2D eigenvalue weighted by molar-refractivity contribution is -0.143. The molecule has 2 fully saturated rings. The first-order valence-corrected chi connectivity index (χ1v) is 13.4. The maximum atomic E-state index is 13.5. The van der Waals surface area contributed by atoms with Gasteiger partial charge in [-0.25, -0.2) is 0 Å². The molecule has 4 rings (SSSR count). The number of hydrogen-bond acceptors (Lipinski definition) is 4. The minimum atomic E-state index is -5.13. The Morgan fingerprint density at radius 3 is 1.84 bits per heavy atom. The average Bonchev–Trinajstić information content (AvgIpc) is 3.38. The predicted molar refractivity (Wildman–Crippen MR) is 149 cm³/mol. The first-order valence-electron chi connectivity index (χ1n) is 13.4. The van der Waals surface area contributed by atoms with Crippen molar-refractivity contribution in [3.8, 4) is 0 Å². The van der Waals surface area contributed by atoms with E-state index in [-0.39, 0.29) is 69.6 Å². The van der Waals surface area contributed by atoms with Crippen molar-refractivity contribution in [3.63, 3.8) is 0 Å². The van der Waals surface area contributed by atoms with Crippen LogP contribution in [-0.2, 0) is 24.9 Å². The molecule has 1 amide bonds. The molecule has 0 radical (unpaired) electrons. The Balaban J connectivity index is 0.00000337. The second-order valence-electron chi connectivity index (χ2n) is 10.7. The van der Waals surface area contributed by atoms with Gasteiger partial charge in [0.15, 0.2) is 0 Å². The number of carbonyl (C=O) groups is 1. The third kappa shape index (κ3) is 9.38. The van der Waals surface area contributed by atoms with Gasteiger partial charge in [0.25, 0.3) is 5.91 Å². The zero-order valence-corrected chi connectivity index (χ0v) is 24.8. The number of hydrogen-bond donors (Lipinski definition) is 1. The predicted octanol–water partition coefficient (Wildman–Crippen LogP) is 6.41. The molecular weight excluding hydrogens is 652 g/mol. The number of rotatable bonds is 7. The standard InChI is InChI=1S/C28H30F9N3O2.2ClH/c29-26(30,31)20-5-3-18(4-6-20)12-24-16-38(8-10-39-7-1-2-23(39)17-41)9-11-40(24)25(42)19-13-21(27(32,33)34)15-22(14-19)28(35,36)37;;/h3-6,13-15,23-24,41H,1-2,7-12,16-17H2;2*1H/t23-,24+;;/m0../s1. The quantitative estimate of drug-likeness (QED) is 0.343. The van der Waals surface area contributed by atoms with Crippen LogP contribution in [0.3, 0.4) is 0 Å². The molecule has 0 aromatic heterocycles. The summed E-state index contributed by atoms with van der Waals surface area (Å²) in [5.41, 5.74) is -4.44. The monoisotopic (exact) mass is 683 g/mol. The molecule has 2 atom stereocenters. The molecule has 0 bridgehead atoms. The zero-order chi connectivity index (χ0) is 30.9. The van der Waals surface area contributed by atoms with E-state index in [2.05, 4.69) is 4.90 Å². The minimum absolute atomic E-state index is 0. The molecule has 1 N–H and O–H groups in total. The third-order valence-corrected chi connectivity index (χ3v) is 7.83. The lowest BCUT2D eigenvalue weighted by Gasteiger charge is -2.42. The molecule has 5 nitrogen and oxygen atoms in total. The summed E-state index contributed by atoms with van der Waals surface area (Å²) in [6.07, 6.45) is -13.0. The summed E-state index contributed by atoms with van der Waals surface area (Å²) in [5, 5.41) is 9.58. The van der Waals surface area contributed by atoms with Crippen LogP contribution in [0, 0.1) is 0 Å². The van der Waals surface area contributed by atoms with Crippen molar-refractivity contribution in [3.05, 3.63) is 70.3 Å². The molecule has 2 saturated heterocycles. The number of halogens is 11.